The fourth-order valence-corrected chi connectivity index (χ4v) is 9.73. The Morgan fingerprint density at radius 3 is 1.61 bits per heavy atom. The maximum Gasteiger partial charge on any atom is 0.220 e. The number of ether oxygens (including phenoxy) is 2. The van der Waals surface area contributed by atoms with E-state index in [1.165, 1.54) is 10.8 Å². The van der Waals surface area contributed by atoms with Gasteiger partial charge in [-0.25, -0.2) is 4.98 Å². The summed E-state index contributed by atoms with van der Waals surface area (Å²) in [5, 5.41) is 2.35. The van der Waals surface area contributed by atoms with E-state index in [2.05, 4.69) is 177 Å². The first-order chi connectivity index (χ1) is 27.8. The summed E-state index contributed by atoms with van der Waals surface area (Å²) in [6, 6.07) is 64.4. The van der Waals surface area contributed by atoms with Crippen LogP contribution in [0.1, 0.15) is 22.3 Å². The second kappa shape index (κ2) is 10.8. The van der Waals surface area contributed by atoms with Crippen molar-refractivity contribution in [2.24, 2.45) is 0 Å². The summed E-state index contributed by atoms with van der Waals surface area (Å²) in [4.78, 5) is 5.15. The van der Waals surface area contributed by atoms with Gasteiger partial charge in [-0.3, -0.25) is 8.97 Å². The third kappa shape index (κ3) is 3.72. The predicted molar refractivity (Wildman–Crippen MR) is 222 cm³/mol. The van der Waals surface area contributed by atoms with Crippen LogP contribution in [0.15, 0.2) is 182 Å². The molecule has 0 bridgehead atoms. The number of imidazole rings is 2. The molecule has 2 aliphatic rings. The molecule has 0 saturated heterocycles. The number of hydrogen-bond donors (Lipinski definition) is 0. The molecule has 2 aliphatic heterocycles. The summed E-state index contributed by atoms with van der Waals surface area (Å²) in [6.07, 6.45) is 0. The monoisotopic (exact) mass is 718 g/mol. The highest BCUT2D eigenvalue weighted by molar-refractivity contribution is 6.10. The Bertz CT molecular complexity index is 3350. The number of rotatable bonds is 2. The van der Waals surface area contributed by atoms with Crippen molar-refractivity contribution in [1.29, 1.82) is 0 Å². The molecular weight excluding hydrogens is 689 g/mol. The van der Waals surface area contributed by atoms with Crippen molar-refractivity contribution in [1.82, 2.24) is 18.5 Å². The fraction of sp³-hybridized carbons (Fsp3) is 0.0200. The van der Waals surface area contributed by atoms with Crippen LogP contribution in [0.3, 0.4) is 0 Å². The van der Waals surface area contributed by atoms with E-state index in [1.807, 2.05) is 18.2 Å². The Hall–Kier alpha value is -7.57. The highest BCUT2D eigenvalue weighted by Crippen LogP contribution is 2.61. The summed E-state index contributed by atoms with van der Waals surface area (Å²) in [5.74, 6) is 4.27. The van der Waals surface area contributed by atoms with Crippen LogP contribution >= 0.6 is 0 Å². The van der Waals surface area contributed by atoms with Crippen molar-refractivity contribution < 1.29 is 9.47 Å². The van der Waals surface area contributed by atoms with Gasteiger partial charge in [0, 0.05) is 44.4 Å². The third-order valence-corrected chi connectivity index (χ3v) is 12.0. The van der Waals surface area contributed by atoms with Gasteiger partial charge < -0.3 is 14.0 Å². The van der Waals surface area contributed by atoms with E-state index in [9.17, 15) is 0 Å². The first-order valence-electron chi connectivity index (χ1n) is 19.0. The standard InChI is InChI=1S/C50H30N4O2/c1-6-18-40-33(13-1)34-29-31(53-43-20-8-9-21-44(43)54-42-19-7-5-17-39(42)51-49(53)54)25-27-41(34)52(40)32-26-28-48-38(30-32)50(37-16-4-12-24-47(37)56-48)35-14-2-10-22-45(35)55-46-23-11-3-15-36(46)50/h1-30H. The Morgan fingerprint density at radius 2 is 0.893 bits per heavy atom. The third-order valence-electron chi connectivity index (χ3n) is 12.0. The molecule has 0 amide bonds. The van der Waals surface area contributed by atoms with Crippen LogP contribution in [-0.4, -0.2) is 18.5 Å². The molecule has 5 heterocycles. The summed E-state index contributed by atoms with van der Waals surface area (Å²) >= 11 is 0. The summed E-state index contributed by atoms with van der Waals surface area (Å²) in [6.45, 7) is 0. The smallest absolute Gasteiger partial charge is 0.220 e. The number of benzene rings is 8. The maximum atomic E-state index is 6.77. The van der Waals surface area contributed by atoms with Gasteiger partial charge in [0.1, 0.15) is 23.0 Å². The van der Waals surface area contributed by atoms with Gasteiger partial charge in [0.2, 0.25) is 5.78 Å². The fourth-order valence-electron chi connectivity index (χ4n) is 9.73. The maximum absolute atomic E-state index is 6.77. The molecule has 3 aromatic heterocycles. The van der Waals surface area contributed by atoms with E-state index >= 15 is 0 Å². The van der Waals surface area contributed by atoms with E-state index in [1.54, 1.807) is 0 Å². The van der Waals surface area contributed by atoms with Crippen LogP contribution in [0.5, 0.6) is 23.0 Å². The number of para-hydroxylation sites is 8. The Kier molecular flexibility index (Phi) is 5.74. The van der Waals surface area contributed by atoms with E-state index in [0.717, 1.165) is 95.5 Å². The van der Waals surface area contributed by atoms with Crippen molar-refractivity contribution >= 4 is 49.7 Å². The topological polar surface area (TPSA) is 45.6 Å². The average Bonchev–Trinajstić information content (AvgIpc) is 3.90. The lowest BCUT2D eigenvalue weighted by molar-refractivity contribution is 0.399. The van der Waals surface area contributed by atoms with Crippen LogP contribution in [0.4, 0.5) is 0 Å². The van der Waals surface area contributed by atoms with E-state index in [-0.39, 0.29) is 0 Å². The molecule has 0 radical (unpaired) electrons. The minimum Gasteiger partial charge on any atom is -0.457 e. The lowest BCUT2D eigenvalue weighted by atomic mass is 9.62. The van der Waals surface area contributed by atoms with Crippen LogP contribution in [0.2, 0.25) is 0 Å². The number of nitrogens with zero attached hydrogens (tertiary/aromatic N) is 4. The summed E-state index contributed by atoms with van der Waals surface area (Å²) < 4.78 is 20.3. The lowest BCUT2D eigenvalue weighted by Crippen LogP contribution is -2.36. The molecule has 0 saturated carbocycles. The van der Waals surface area contributed by atoms with Crippen LogP contribution in [0, 0.1) is 0 Å². The zero-order chi connectivity index (χ0) is 36.5. The quantitative estimate of drug-likeness (QED) is 0.179. The van der Waals surface area contributed by atoms with Gasteiger partial charge in [0.05, 0.1) is 38.5 Å². The second-order valence-corrected chi connectivity index (χ2v) is 14.7. The number of aromatic nitrogens is 4. The van der Waals surface area contributed by atoms with Gasteiger partial charge >= 0.3 is 0 Å². The first-order valence-corrected chi connectivity index (χ1v) is 19.0. The van der Waals surface area contributed by atoms with Gasteiger partial charge in [-0.2, -0.15) is 0 Å². The number of fused-ring (bicyclic) bond motifs is 16. The summed E-state index contributed by atoms with van der Waals surface area (Å²) in [7, 11) is 0. The molecule has 0 fully saturated rings. The second-order valence-electron chi connectivity index (χ2n) is 14.7. The molecule has 56 heavy (non-hydrogen) atoms. The van der Waals surface area contributed by atoms with Crippen molar-refractivity contribution in [3.05, 3.63) is 204 Å². The van der Waals surface area contributed by atoms with Crippen molar-refractivity contribution in [2.45, 2.75) is 5.41 Å². The zero-order valence-electron chi connectivity index (χ0n) is 29.9. The van der Waals surface area contributed by atoms with Crippen LogP contribution in [-0.2, 0) is 5.41 Å². The van der Waals surface area contributed by atoms with Crippen molar-refractivity contribution in [3.8, 4) is 34.4 Å². The van der Waals surface area contributed by atoms with E-state index < -0.39 is 5.41 Å². The van der Waals surface area contributed by atoms with Crippen molar-refractivity contribution in [2.75, 3.05) is 0 Å². The highest BCUT2D eigenvalue weighted by Gasteiger charge is 2.50. The molecule has 1 spiro atoms. The van der Waals surface area contributed by atoms with Gasteiger partial charge in [0.15, 0.2) is 0 Å². The van der Waals surface area contributed by atoms with Crippen molar-refractivity contribution in [3.63, 3.8) is 0 Å². The molecule has 8 aromatic carbocycles. The molecule has 0 aliphatic carbocycles. The minimum atomic E-state index is -0.674. The highest BCUT2D eigenvalue weighted by atomic mass is 16.5. The molecule has 0 unspecified atom stereocenters. The van der Waals surface area contributed by atoms with Gasteiger partial charge in [-0.15, -0.1) is 0 Å². The van der Waals surface area contributed by atoms with Crippen LogP contribution < -0.4 is 9.47 Å². The first kappa shape index (κ1) is 29.8. The molecule has 0 atom stereocenters. The molecule has 6 heteroatoms. The minimum absolute atomic E-state index is 0.674. The number of hydrogen-bond acceptors (Lipinski definition) is 3. The van der Waals surface area contributed by atoms with Gasteiger partial charge in [0.25, 0.3) is 0 Å². The van der Waals surface area contributed by atoms with Crippen LogP contribution in [0.25, 0.3) is 61.0 Å². The van der Waals surface area contributed by atoms with E-state index in [4.69, 9.17) is 14.5 Å². The molecular formula is C50H30N4O2. The Morgan fingerprint density at radius 1 is 0.375 bits per heavy atom. The average molecular weight is 719 g/mol. The van der Waals surface area contributed by atoms with E-state index in [0.29, 0.717) is 0 Å². The lowest BCUT2D eigenvalue weighted by Gasteiger charge is -2.44. The van der Waals surface area contributed by atoms with Gasteiger partial charge in [-0.05, 0) is 84.9 Å². The Balaban J connectivity index is 1.08. The molecule has 262 valence electrons. The largest absolute Gasteiger partial charge is 0.457 e. The van der Waals surface area contributed by atoms with Gasteiger partial charge in [-0.1, -0.05) is 97.1 Å². The SMILES string of the molecule is c1ccc2c(c1)Oc1ccccc1C21c2ccccc2Oc2ccc(-n3c4ccccc4c4cc(-n5c6ccccc6n6c7ccccc7nc56)ccc43)cc21. The Labute approximate surface area is 320 Å². The zero-order valence-corrected chi connectivity index (χ0v) is 29.9. The normalized spacial score (nSPS) is 13.8. The molecule has 13 rings (SSSR count). The molecule has 11 aromatic rings. The summed E-state index contributed by atoms with van der Waals surface area (Å²) in [5.41, 5.74) is 12.4. The molecule has 6 nitrogen and oxygen atoms in total. The molecule has 0 N–H and O–H groups in total. The predicted octanol–water partition coefficient (Wildman–Crippen LogP) is 12.1.